The summed E-state index contributed by atoms with van der Waals surface area (Å²) in [5, 5.41) is 0. The summed E-state index contributed by atoms with van der Waals surface area (Å²) in [6.07, 6.45) is 0. The zero-order valence-corrected chi connectivity index (χ0v) is 13.0. The van der Waals surface area contributed by atoms with Crippen molar-refractivity contribution in [1.29, 1.82) is 0 Å². The Kier molecular flexibility index (Phi) is 4.09. The van der Waals surface area contributed by atoms with E-state index in [0.717, 1.165) is 5.56 Å². The van der Waals surface area contributed by atoms with Crippen molar-refractivity contribution in [1.82, 2.24) is 0 Å². The van der Waals surface area contributed by atoms with Crippen molar-refractivity contribution in [2.45, 2.75) is 18.7 Å². The summed E-state index contributed by atoms with van der Waals surface area (Å²) in [6, 6.07) is 10.1. The minimum absolute atomic E-state index is 0.158. The second-order valence-electron chi connectivity index (χ2n) is 4.83. The van der Waals surface area contributed by atoms with Crippen molar-refractivity contribution in [2.24, 2.45) is 0 Å². The van der Waals surface area contributed by atoms with E-state index in [-0.39, 0.29) is 4.90 Å². The van der Waals surface area contributed by atoms with Crippen LogP contribution >= 0.6 is 0 Å². The number of rotatable bonds is 4. The van der Waals surface area contributed by atoms with Gasteiger partial charge in [0.1, 0.15) is 5.75 Å². The minimum atomic E-state index is -3.73. The van der Waals surface area contributed by atoms with Crippen molar-refractivity contribution in [3.8, 4) is 5.75 Å². The molecule has 112 valence electrons. The summed E-state index contributed by atoms with van der Waals surface area (Å²) in [7, 11) is -2.23. The van der Waals surface area contributed by atoms with Crippen LogP contribution in [0.3, 0.4) is 0 Å². The van der Waals surface area contributed by atoms with Crippen LogP contribution in [0.4, 0.5) is 11.4 Å². The summed E-state index contributed by atoms with van der Waals surface area (Å²) in [6.45, 7) is 3.60. The molecule has 2 aromatic carbocycles. The quantitative estimate of drug-likeness (QED) is 0.851. The number of ether oxygens (including phenoxy) is 1. The summed E-state index contributed by atoms with van der Waals surface area (Å²) < 4.78 is 32.8. The van der Waals surface area contributed by atoms with Crippen molar-refractivity contribution >= 4 is 21.4 Å². The number of methoxy groups -OCH3 is 1. The topological polar surface area (TPSA) is 81.4 Å². The van der Waals surface area contributed by atoms with Gasteiger partial charge in [-0.05, 0) is 49.2 Å². The maximum Gasteiger partial charge on any atom is 0.262 e. The Bertz CT molecular complexity index is 770. The first kappa shape index (κ1) is 15.2. The lowest BCUT2D eigenvalue weighted by Gasteiger charge is -2.14. The number of aryl methyl sites for hydroxylation is 2. The van der Waals surface area contributed by atoms with Gasteiger partial charge in [0, 0.05) is 5.69 Å². The first-order chi connectivity index (χ1) is 9.83. The summed E-state index contributed by atoms with van der Waals surface area (Å²) in [4.78, 5) is 0.158. The molecule has 0 aliphatic heterocycles. The molecule has 0 unspecified atom stereocenters. The van der Waals surface area contributed by atoms with Crippen LogP contribution in [0.5, 0.6) is 5.75 Å². The highest BCUT2D eigenvalue weighted by Gasteiger charge is 2.19. The Balaban J connectivity index is 2.47. The number of nitrogen functional groups attached to an aromatic ring is 1. The number of anilines is 2. The van der Waals surface area contributed by atoms with E-state index in [1.165, 1.54) is 13.2 Å². The van der Waals surface area contributed by atoms with Crippen LogP contribution in [0.15, 0.2) is 41.3 Å². The third-order valence-corrected chi connectivity index (χ3v) is 4.61. The number of benzene rings is 2. The molecular formula is C15H18N2O3S. The predicted molar refractivity (Wildman–Crippen MR) is 84.1 cm³/mol. The van der Waals surface area contributed by atoms with Gasteiger partial charge in [-0.2, -0.15) is 0 Å². The molecule has 0 fully saturated rings. The largest absolute Gasteiger partial charge is 0.495 e. The van der Waals surface area contributed by atoms with Gasteiger partial charge in [0.25, 0.3) is 10.0 Å². The zero-order valence-electron chi connectivity index (χ0n) is 12.2. The SMILES string of the molecule is COc1ccc(C)cc1NS(=O)(=O)c1cc(N)ccc1C. The van der Waals surface area contributed by atoms with E-state index in [0.29, 0.717) is 22.7 Å². The summed E-state index contributed by atoms with van der Waals surface area (Å²) >= 11 is 0. The van der Waals surface area contributed by atoms with Gasteiger partial charge < -0.3 is 10.5 Å². The number of nitrogens with one attached hydrogen (secondary N) is 1. The Morgan fingerprint density at radius 3 is 2.48 bits per heavy atom. The molecule has 0 saturated heterocycles. The van der Waals surface area contributed by atoms with Gasteiger partial charge in [0.05, 0.1) is 17.7 Å². The van der Waals surface area contributed by atoms with E-state index in [4.69, 9.17) is 10.5 Å². The van der Waals surface area contributed by atoms with Gasteiger partial charge in [-0.15, -0.1) is 0 Å². The van der Waals surface area contributed by atoms with E-state index in [2.05, 4.69) is 4.72 Å². The molecular weight excluding hydrogens is 288 g/mol. The molecule has 0 aliphatic carbocycles. The monoisotopic (exact) mass is 306 g/mol. The lowest BCUT2D eigenvalue weighted by Crippen LogP contribution is -2.15. The number of hydrogen-bond donors (Lipinski definition) is 2. The number of hydrogen-bond acceptors (Lipinski definition) is 4. The molecule has 21 heavy (non-hydrogen) atoms. The van der Waals surface area contributed by atoms with Crippen molar-refractivity contribution in [3.05, 3.63) is 47.5 Å². The van der Waals surface area contributed by atoms with Crippen LogP contribution < -0.4 is 15.2 Å². The fourth-order valence-electron chi connectivity index (χ4n) is 2.01. The third-order valence-electron chi connectivity index (χ3n) is 3.10. The molecule has 3 N–H and O–H groups in total. The predicted octanol–water partition coefficient (Wildman–Crippen LogP) is 2.70. The van der Waals surface area contributed by atoms with Crippen LogP contribution in [-0.2, 0) is 10.0 Å². The molecule has 0 spiro atoms. The second kappa shape index (κ2) is 5.65. The Hall–Kier alpha value is -2.21. The standard InChI is InChI=1S/C15H18N2O3S/c1-10-4-7-14(20-3)13(8-10)17-21(18,19)15-9-12(16)6-5-11(15)2/h4-9,17H,16H2,1-3H3. The number of sulfonamides is 1. The van der Waals surface area contributed by atoms with Gasteiger partial charge in [0.15, 0.2) is 0 Å². The third kappa shape index (κ3) is 3.28. The Labute approximate surface area is 124 Å². The Morgan fingerprint density at radius 1 is 1.10 bits per heavy atom. The van der Waals surface area contributed by atoms with Crippen LogP contribution in [0.25, 0.3) is 0 Å². The molecule has 2 rings (SSSR count). The fraction of sp³-hybridized carbons (Fsp3) is 0.200. The highest BCUT2D eigenvalue weighted by molar-refractivity contribution is 7.92. The molecule has 0 amide bonds. The summed E-state index contributed by atoms with van der Waals surface area (Å²) in [5.41, 5.74) is 8.04. The number of nitrogens with two attached hydrogens (primary N) is 1. The molecule has 0 bridgehead atoms. The average Bonchev–Trinajstić information content (AvgIpc) is 2.41. The maximum absolute atomic E-state index is 12.5. The van der Waals surface area contributed by atoms with E-state index in [1.807, 2.05) is 13.0 Å². The smallest absolute Gasteiger partial charge is 0.262 e. The molecule has 0 heterocycles. The molecule has 0 aromatic heterocycles. The minimum Gasteiger partial charge on any atom is -0.495 e. The molecule has 0 radical (unpaired) electrons. The Morgan fingerprint density at radius 2 is 1.81 bits per heavy atom. The second-order valence-corrected chi connectivity index (χ2v) is 6.48. The summed E-state index contributed by atoms with van der Waals surface area (Å²) in [5.74, 6) is 0.464. The highest BCUT2D eigenvalue weighted by atomic mass is 32.2. The molecule has 6 heteroatoms. The molecule has 0 saturated carbocycles. The lowest BCUT2D eigenvalue weighted by molar-refractivity contribution is 0.417. The zero-order chi connectivity index (χ0) is 15.6. The van der Waals surface area contributed by atoms with Gasteiger partial charge in [0.2, 0.25) is 0 Å². The van der Waals surface area contributed by atoms with Crippen LogP contribution in [0.1, 0.15) is 11.1 Å². The van der Waals surface area contributed by atoms with Crippen LogP contribution in [0.2, 0.25) is 0 Å². The molecule has 5 nitrogen and oxygen atoms in total. The molecule has 0 atom stereocenters. The highest BCUT2D eigenvalue weighted by Crippen LogP contribution is 2.29. The van der Waals surface area contributed by atoms with Gasteiger partial charge >= 0.3 is 0 Å². The first-order valence-electron chi connectivity index (χ1n) is 6.37. The average molecular weight is 306 g/mol. The van der Waals surface area contributed by atoms with Gasteiger partial charge in [-0.25, -0.2) is 8.42 Å². The van der Waals surface area contributed by atoms with Gasteiger partial charge in [-0.3, -0.25) is 4.72 Å². The van der Waals surface area contributed by atoms with Crippen molar-refractivity contribution in [3.63, 3.8) is 0 Å². The van der Waals surface area contributed by atoms with E-state index in [1.54, 1.807) is 31.2 Å². The van der Waals surface area contributed by atoms with Crippen LogP contribution in [0, 0.1) is 13.8 Å². The normalized spacial score (nSPS) is 11.2. The molecule has 2 aromatic rings. The van der Waals surface area contributed by atoms with Crippen molar-refractivity contribution < 1.29 is 13.2 Å². The first-order valence-corrected chi connectivity index (χ1v) is 7.85. The van der Waals surface area contributed by atoms with Crippen molar-refractivity contribution in [2.75, 3.05) is 17.6 Å². The van der Waals surface area contributed by atoms with E-state index in [9.17, 15) is 8.42 Å². The van der Waals surface area contributed by atoms with E-state index < -0.39 is 10.0 Å². The van der Waals surface area contributed by atoms with Gasteiger partial charge in [-0.1, -0.05) is 12.1 Å². The van der Waals surface area contributed by atoms with Crippen LogP contribution in [-0.4, -0.2) is 15.5 Å². The lowest BCUT2D eigenvalue weighted by atomic mass is 10.2. The molecule has 0 aliphatic rings. The fourth-order valence-corrected chi connectivity index (χ4v) is 3.35. The van der Waals surface area contributed by atoms with E-state index >= 15 is 0 Å². The maximum atomic E-state index is 12.5.